The normalized spacial score (nSPS) is 15.0. The molecule has 4 nitrogen and oxygen atoms in total. The van der Waals surface area contributed by atoms with Gasteiger partial charge in [-0.25, -0.2) is 4.79 Å². The number of hydrogen-bond donors (Lipinski definition) is 1. The molecular weight excluding hydrogens is 232 g/mol. The van der Waals surface area contributed by atoms with E-state index in [0.29, 0.717) is 31.4 Å². The van der Waals surface area contributed by atoms with Gasteiger partial charge in [0, 0.05) is 18.6 Å². The van der Waals surface area contributed by atoms with Crippen molar-refractivity contribution < 1.29 is 19.4 Å². The Morgan fingerprint density at radius 3 is 1.94 bits per heavy atom. The Kier molecular flexibility index (Phi) is 6.57. The van der Waals surface area contributed by atoms with Crippen molar-refractivity contribution >= 4 is 5.97 Å². The van der Waals surface area contributed by atoms with Crippen molar-refractivity contribution in [1.29, 1.82) is 0 Å². The molecule has 0 saturated carbocycles. The zero-order chi connectivity index (χ0) is 14.4. The highest BCUT2D eigenvalue weighted by atomic mass is 16.7. The van der Waals surface area contributed by atoms with Gasteiger partial charge in [0.1, 0.15) is 5.60 Å². The lowest BCUT2D eigenvalue weighted by Crippen LogP contribution is -2.58. The predicted molar refractivity (Wildman–Crippen MR) is 71.1 cm³/mol. The van der Waals surface area contributed by atoms with Crippen LogP contribution in [0.2, 0.25) is 0 Å². The van der Waals surface area contributed by atoms with Gasteiger partial charge in [-0.1, -0.05) is 27.4 Å². The maximum Gasteiger partial charge on any atom is 0.335 e. The van der Waals surface area contributed by atoms with Crippen molar-refractivity contribution in [2.75, 3.05) is 6.61 Å². The second-order valence-electron chi connectivity index (χ2n) is 4.45. The van der Waals surface area contributed by atoms with E-state index in [0.717, 1.165) is 0 Å². The van der Waals surface area contributed by atoms with E-state index >= 15 is 0 Å². The van der Waals surface area contributed by atoms with Crippen LogP contribution in [0.1, 0.15) is 53.9 Å². The topological polar surface area (TPSA) is 55.8 Å². The third-order valence-electron chi connectivity index (χ3n) is 3.33. The van der Waals surface area contributed by atoms with Crippen LogP contribution in [0.15, 0.2) is 12.2 Å². The van der Waals surface area contributed by atoms with E-state index < -0.39 is 17.4 Å². The first-order valence-electron chi connectivity index (χ1n) is 6.57. The minimum Gasteiger partial charge on any atom is -0.427 e. The van der Waals surface area contributed by atoms with E-state index in [4.69, 9.17) is 9.47 Å². The Hall–Kier alpha value is -0.870. The molecule has 0 aliphatic rings. The molecule has 1 unspecified atom stereocenters. The number of carbonyl (C=O) groups is 1. The highest BCUT2D eigenvalue weighted by Crippen LogP contribution is 2.37. The zero-order valence-corrected chi connectivity index (χ0v) is 12.2. The van der Waals surface area contributed by atoms with Crippen molar-refractivity contribution in [3.63, 3.8) is 0 Å². The Morgan fingerprint density at radius 1 is 1.17 bits per heavy atom. The average molecular weight is 258 g/mol. The Morgan fingerprint density at radius 2 is 1.67 bits per heavy atom. The lowest BCUT2D eigenvalue weighted by atomic mass is 9.85. The lowest BCUT2D eigenvalue weighted by molar-refractivity contribution is -0.307. The van der Waals surface area contributed by atoms with Gasteiger partial charge in [-0.15, -0.1) is 0 Å². The molecule has 0 aromatic rings. The summed E-state index contributed by atoms with van der Waals surface area (Å²) in [5.41, 5.74) is -0.898. The molecular formula is C14H26O4. The summed E-state index contributed by atoms with van der Waals surface area (Å²) in [4.78, 5) is 11.8. The number of carbonyl (C=O) groups excluding carboxylic acids is 1. The van der Waals surface area contributed by atoms with Crippen LogP contribution in [0.25, 0.3) is 0 Å². The molecule has 0 aromatic carbocycles. The summed E-state index contributed by atoms with van der Waals surface area (Å²) in [6.45, 7) is 12.8. The number of aliphatic hydroxyl groups is 1. The van der Waals surface area contributed by atoms with Crippen molar-refractivity contribution in [2.45, 2.75) is 65.3 Å². The molecule has 0 spiro atoms. The molecule has 0 aliphatic heterocycles. The summed E-state index contributed by atoms with van der Waals surface area (Å²) in [6, 6.07) is 0. The molecule has 0 radical (unpaired) electrons. The summed E-state index contributed by atoms with van der Waals surface area (Å²) < 4.78 is 11.0. The molecule has 0 saturated heterocycles. The maximum absolute atomic E-state index is 11.8. The minimum atomic E-state index is -1.30. The van der Waals surface area contributed by atoms with Crippen LogP contribution in [-0.4, -0.2) is 29.1 Å². The highest BCUT2D eigenvalue weighted by molar-refractivity contribution is 5.87. The largest absolute Gasteiger partial charge is 0.427 e. The van der Waals surface area contributed by atoms with E-state index in [1.165, 1.54) is 0 Å². The van der Waals surface area contributed by atoms with Crippen LogP contribution in [0.5, 0.6) is 0 Å². The molecule has 1 N–H and O–H groups in total. The lowest BCUT2D eigenvalue weighted by Gasteiger charge is -2.44. The fourth-order valence-corrected chi connectivity index (χ4v) is 2.02. The van der Waals surface area contributed by atoms with Crippen molar-refractivity contribution in [1.82, 2.24) is 0 Å². The Labute approximate surface area is 110 Å². The zero-order valence-electron chi connectivity index (χ0n) is 12.2. The predicted octanol–water partition coefficient (Wildman–Crippen LogP) is 2.80. The van der Waals surface area contributed by atoms with Crippen LogP contribution in [0, 0.1) is 0 Å². The van der Waals surface area contributed by atoms with E-state index in [-0.39, 0.29) is 0 Å². The SMILES string of the molecule is C=C(C)C(=O)OC(CC)(OCC)C(O)(CC)CC. The van der Waals surface area contributed by atoms with Gasteiger partial charge >= 0.3 is 5.97 Å². The summed E-state index contributed by atoms with van der Waals surface area (Å²) in [5, 5.41) is 10.7. The van der Waals surface area contributed by atoms with Crippen LogP contribution in [-0.2, 0) is 14.3 Å². The molecule has 0 heterocycles. The number of ether oxygens (including phenoxy) is 2. The summed E-state index contributed by atoms with van der Waals surface area (Å²) in [7, 11) is 0. The van der Waals surface area contributed by atoms with Gasteiger partial charge < -0.3 is 14.6 Å². The van der Waals surface area contributed by atoms with Crippen molar-refractivity contribution in [3.05, 3.63) is 12.2 Å². The second kappa shape index (κ2) is 6.90. The van der Waals surface area contributed by atoms with E-state index in [9.17, 15) is 9.90 Å². The Bertz CT molecular complexity index is 294. The first-order chi connectivity index (χ1) is 8.32. The van der Waals surface area contributed by atoms with Crippen LogP contribution in [0.3, 0.4) is 0 Å². The molecule has 0 amide bonds. The van der Waals surface area contributed by atoms with E-state index in [2.05, 4.69) is 6.58 Å². The average Bonchev–Trinajstić information content (AvgIpc) is 2.36. The monoisotopic (exact) mass is 258 g/mol. The highest BCUT2D eigenvalue weighted by Gasteiger charge is 2.51. The number of hydrogen-bond acceptors (Lipinski definition) is 4. The molecule has 106 valence electrons. The number of esters is 1. The summed E-state index contributed by atoms with van der Waals surface area (Å²) >= 11 is 0. The molecule has 0 rings (SSSR count). The minimum absolute atomic E-state index is 0.294. The molecule has 4 heteroatoms. The van der Waals surface area contributed by atoms with E-state index in [1.807, 2.05) is 27.7 Å². The summed E-state index contributed by atoms with van der Waals surface area (Å²) in [6.07, 6.45) is 1.28. The molecule has 1 atom stereocenters. The first kappa shape index (κ1) is 17.1. The van der Waals surface area contributed by atoms with Gasteiger partial charge in [0.25, 0.3) is 0 Å². The van der Waals surface area contributed by atoms with Crippen LogP contribution < -0.4 is 0 Å². The van der Waals surface area contributed by atoms with Gasteiger partial charge in [-0.2, -0.15) is 0 Å². The third-order valence-corrected chi connectivity index (χ3v) is 3.33. The number of rotatable bonds is 8. The molecule has 0 fully saturated rings. The van der Waals surface area contributed by atoms with Crippen molar-refractivity contribution in [3.8, 4) is 0 Å². The summed E-state index contributed by atoms with van der Waals surface area (Å²) in [5.74, 6) is -1.84. The third kappa shape index (κ3) is 3.33. The van der Waals surface area contributed by atoms with Crippen LogP contribution in [0.4, 0.5) is 0 Å². The smallest absolute Gasteiger partial charge is 0.335 e. The molecule has 0 aliphatic carbocycles. The van der Waals surface area contributed by atoms with Gasteiger partial charge in [-0.05, 0) is 26.7 Å². The second-order valence-corrected chi connectivity index (χ2v) is 4.45. The van der Waals surface area contributed by atoms with Gasteiger partial charge in [0.05, 0.1) is 0 Å². The standard InChI is InChI=1S/C14H26O4/c1-7-13(16,8-2)14(9-3,17-10-4)18-12(15)11(5)6/h16H,5,7-10H2,1-4,6H3. The van der Waals surface area contributed by atoms with Crippen molar-refractivity contribution in [2.24, 2.45) is 0 Å². The fraction of sp³-hybridized carbons (Fsp3) is 0.786. The molecule has 18 heavy (non-hydrogen) atoms. The fourth-order valence-electron chi connectivity index (χ4n) is 2.02. The van der Waals surface area contributed by atoms with Gasteiger partial charge in [0.2, 0.25) is 5.79 Å². The molecule has 0 bridgehead atoms. The quantitative estimate of drug-likeness (QED) is 0.413. The first-order valence-corrected chi connectivity index (χ1v) is 6.57. The Balaban J connectivity index is 5.39. The maximum atomic E-state index is 11.8. The van der Waals surface area contributed by atoms with Gasteiger partial charge in [-0.3, -0.25) is 0 Å². The molecule has 0 aromatic heterocycles. The van der Waals surface area contributed by atoms with E-state index in [1.54, 1.807) is 6.92 Å². The van der Waals surface area contributed by atoms with Gasteiger partial charge in [0.15, 0.2) is 0 Å². The van der Waals surface area contributed by atoms with Crippen LogP contribution >= 0.6 is 0 Å².